The lowest BCUT2D eigenvalue weighted by atomic mass is 10.1. The van der Waals surface area contributed by atoms with Crippen molar-refractivity contribution in [3.63, 3.8) is 0 Å². The van der Waals surface area contributed by atoms with Crippen molar-refractivity contribution in [1.82, 2.24) is 0 Å². The standard InChI is InChI=1S/C10H7ClN2O2/c11-7-4-6(2-1-3-12)9(13)8(5-7)10(14)15/h1-2,4-5H,13H2,(H,14,15). The number of carboxylic acids is 1. The summed E-state index contributed by atoms with van der Waals surface area (Å²) in [5.41, 5.74) is 6.04. The smallest absolute Gasteiger partial charge is 0.337 e. The normalized spacial score (nSPS) is 10.1. The number of nitrogens with two attached hydrogens (primary N) is 1. The van der Waals surface area contributed by atoms with E-state index in [1.807, 2.05) is 0 Å². The molecule has 0 atom stereocenters. The first-order valence-corrected chi connectivity index (χ1v) is 4.32. The van der Waals surface area contributed by atoms with Crippen LogP contribution in [0.5, 0.6) is 0 Å². The number of nitrogen functional groups attached to an aromatic ring is 1. The van der Waals surface area contributed by atoms with E-state index in [-0.39, 0.29) is 16.3 Å². The van der Waals surface area contributed by atoms with E-state index in [4.69, 9.17) is 27.7 Å². The van der Waals surface area contributed by atoms with Crippen molar-refractivity contribution in [2.45, 2.75) is 0 Å². The van der Waals surface area contributed by atoms with Gasteiger partial charge in [0.05, 0.1) is 17.3 Å². The fourth-order valence-electron chi connectivity index (χ4n) is 1.08. The number of rotatable bonds is 2. The summed E-state index contributed by atoms with van der Waals surface area (Å²) in [5, 5.41) is 17.4. The van der Waals surface area contributed by atoms with Gasteiger partial charge in [0.25, 0.3) is 0 Å². The van der Waals surface area contributed by atoms with Crippen LogP contribution < -0.4 is 5.73 Å². The van der Waals surface area contributed by atoms with Crippen LogP contribution >= 0.6 is 11.6 Å². The van der Waals surface area contributed by atoms with Gasteiger partial charge in [0.15, 0.2) is 0 Å². The zero-order valence-electron chi connectivity index (χ0n) is 7.57. The van der Waals surface area contributed by atoms with Gasteiger partial charge < -0.3 is 10.8 Å². The van der Waals surface area contributed by atoms with Crippen molar-refractivity contribution < 1.29 is 9.90 Å². The molecule has 0 aliphatic rings. The molecule has 0 heterocycles. The molecule has 1 rings (SSSR count). The van der Waals surface area contributed by atoms with Crippen molar-refractivity contribution in [3.8, 4) is 6.07 Å². The zero-order valence-corrected chi connectivity index (χ0v) is 8.32. The van der Waals surface area contributed by atoms with E-state index in [2.05, 4.69) is 0 Å². The van der Waals surface area contributed by atoms with Crippen LogP contribution in [0.2, 0.25) is 5.02 Å². The molecule has 0 saturated carbocycles. The minimum atomic E-state index is -1.15. The number of anilines is 1. The average molecular weight is 223 g/mol. The molecule has 1 aromatic rings. The third-order valence-electron chi connectivity index (χ3n) is 1.74. The molecule has 4 nitrogen and oxygen atoms in total. The van der Waals surface area contributed by atoms with Crippen LogP contribution in [0.1, 0.15) is 15.9 Å². The van der Waals surface area contributed by atoms with Gasteiger partial charge in [-0.25, -0.2) is 4.79 Å². The van der Waals surface area contributed by atoms with Crippen LogP contribution in [0.4, 0.5) is 5.69 Å². The first kappa shape index (κ1) is 11.1. The predicted molar refractivity (Wildman–Crippen MR) is 57.5 cm³/mol. The molecule has 0 fully saturated rings. The summed E-state index contributed by atoms with van der Waals surface area (Å²) in [6.07, 6.45) is 2.61. The molecule has 0 unspecified atom stereocenters. The summed E-state index contributed by atoms with van der Waals surface area (Å²) in [7, 11) is 0. The van der Waals surface area contributed by atoms with E-state index >= 15 is 0 Å². The van der Waals surface area contributed by atoms with Crippen LogP contribution in [0, 0.1) is 11.3 Å². The van der Waals surface area contributed by atoms with Crippen LogP contribution in [-0.2, 0) is 0 Å². The largest absolute Gasteiger partial charge is 0.478 e. The number of nitriles is 1. The van der Waals surface area contributed by atoms with Gasteiger partial charge in [0, 0.05) is 16.7 Å². The second kappa shape index (κ2) is 4.49. The Hall–Kier alpha value is -1.99. The SMILES string of the molecule is N#CC=Cc1cc(Cl)cc(C(=O)O)c1N. The Morgan fingerprint density at radius 1 is 1.60 bits per heavy atom. The Labute approximate surface area is 91.2 Å². The highest BCUT2D eigenvalue weighted by Crippen LogP contribution is 2.24. The molecular weight excluding hydrogens is 216 g/mol. The summed E-state index contributed by atoms with van der Waals surface area (Å²) in [5.74, 6) is -1.15. The summed E-state index contributed by atoms with van der Waals surface area (Å²) in [4.78, 5) is 10.8. The number of allylic oxidation sites excluding steroid dienone is 1. The Balaban J connectivity index is 3.36. The molecule has 1 aromatic carbocycles. The molecule has 0 bridgehead atoms. The molecule has 0 saturated heterocycles. The van der Waals surface area contributed by atoms with Crippen molar-refractivity contribution in [3.05, 3.63) is 34.4 Å². The predicted octanol–water partition coefficient (Wildman–Crippen LogP) is 2.16. The van der Waals surface area contributed by atoms with Gasteiger partial charge in [-0.2, -0.15) is 5.26 Å². The van der Waals surface area contributed by atoms with Crippen molar-refractivity contribution in [1.29, 1.82) is 5.26 Å². The molecule has 0 aromatic heterocycles. The zero-order chi connectivity index (χ0) is 11.4. The third kappa shape index (κ3) is 2.48. The van der Waals surface area contributed by atoms with Crippen LogP contribution in [-0.4, -0.2) is 11.1 Å². The number of benzene rings is 1. The van der Waals surface area contributed by atoms with Gasteiger partial charge in [-0.1, -0.05) is 11.6 Å². The summed E-state index contributed by atoms with van der Waals surface area (Å²) >= 11 is 5.71. The van der Waals surface area contributed by atoms with Gasteiger partial charge >= 0.3 is 5.97 Å². The van der Waals surface area contributed by atoms with E-state index < -0.39 is 5.97 Å². The van der Waals surface area contributed by atoms with Gasteiger partial charge in [0.1, 0.15) is 0 Å². The Bertz CT molecular complexity index is 475. The van der Waals surface area contributed by atoms with Crippen LogP contribution in [0.3, 0.4) is 0 Å². The number of hydrogen-bond donors (Lipinski definition) is 2. The van der Waals surface area contributed by atoms with Crippen molar-refractivity contribution >= 4 is 29.3 Å². The Morgan fingerprint density at radius 2 is 2.27 bits per heavy atom. The number of nitrogens with zero attached hydrogens (tertiary/aromatic N) is 1. The molecule has 0 amide bonds. The van der Waals surface area contributed by atoms with Crippen molar-refractivity contribution in [2.75, 3.05) is 5.73 Å². The molecule has 0 aliphatic heterocycles. The average Bonchev–Trinajstić information content (AvgIpc) is 2.18. The van der Waals surface area contributed by atoms with E-state index in [1.165, 1.54) is 24.3 Å². The molecule has 15 heavy (non-hydrogen) atoms. The topological polar surface area (TPSA) is 87.1 Å². The summed E-state index contributed by atoms with van der Waals surface area (Å²) < 4.78 is 0. The minimum Gasteiger partial charge on any atom is -0.478 e. The Morgan fingerprint density at radius 3 is 2.80 bits per heavy atom. The monoisotopic (exact) mass is 222 g/mol. The number of halogens is 1. The van der Waals surface area contributed by atoms with Gasteiger partial charge in [-0.15, -0.1) is 0 Å². The third-order valence-corrected chi connectivity index (χ3v) is 1.96. The van der Waals surface area contributed by atoms with Crippen molar-refractivity contribution in [2.24, 2.45) is 0 Å². The number of aromatic carboxylic acids is 1. The summed E-state index contributed by atoms with van der Waals surface area (Å²) in [6.45, 7) is 0. The maximum absolute atomic E-state index is 10.8. The van der Waals surface area contributed by atoms with E-state index in [0.29, 0.717) is 5.56 Å². The lowest BCUT2D eigenvalue weighted by molar-refractivity contribution is 0.0698. The molecule has 0 spiro atoms. The summed E-state index contributed by atoms with van der Waals surface area (Å²) in [6, 6.07) is 4.55. The lowest BCUT2D eigenvalue weighted by Gasteiger charge is -2.05. The van der Waals surface area contributed by atoms with Crippen LogP contribution in [0.25, 0.3) is 6.08 Å². The highest BCUT2D eigenvalue weighted by Gasteiger charge is 2.11. The number of carboxylic acid groups (broad SMARTS) is 1. The fourth-order valence-corrected chi connectivity index (χ4v) is 1.31. The second-order valence-electron chi connectivity index (χ2n) is 2.72. The van der Waals surface area contributed by atoms with E-state index in [9.17, 15) is 4.79 Å². The van der Waals surface area contributed by atoms with Crippen LogP contribution in [0.15, 0.2) is 18.2 Å². The highest BCUT2D eigenvalue weighted by molar-refractivity contribution is 6.31. The lowest BCUT2D eigenvalue weighted by Crippen LogP contribution is -2.04. The number of carbonyl (C=O) groups is 1. The highest BCUT2D eigenvalue weighted by atomic mass is 35.5. The maximum Gasteiger partial charge on any atom is 0.337 e. The van der Waals surface area contributed by atoms with E-state index in [1.54, 1.807) is 6.07 Å². The Kier molecular flexibility index (Phi) is 3.32. The maximum atomic E-state index is 10.8. The molecule has 0 aliphatic carbocycles. The van der Waals surface area contributed by atoms with E-state index in [0.717, 1.165) is 0 Å². The van der Waals surface area contributed by atoms with Gasteiger partial charge in [-0.05, 0) is 18.2 Å². The minimum absolute atomic E-state index is 0.0694. The first-order valence-electron chi connectivity index (χ1n) is 3.94. The molecule has 76 valence electrons. The number of hydrogen-bond acceptors (Lipinski definition) is 3. The molecule has 5 heteroatoms. The molecule has 0 radical (unpaired) electrons. The first-order chi connectivity index (χ1) is 7.06. The quantitative estimate of drug-likeness (QED) is 0.593. The van der Waals surface area contributed by atoms with Gasteiger partial charge in [-0.3, -0.25) is 0 Å². The second-order valence-corrected chi connectivity index (χ2v) is 3.16. The molecular formula is C10H7ClN2O2. The fraction of sp³-hybridized carbons (Fsp3) is 0. The molecule has 3 N–H and O–H groups in total. The van der Waals surface area contributed by atoms with Gasteiger partial charge in [0.2, 0.25) is 0 Å².